The second-order valence-electron chi connectivity index (χ2n) is 5.62. The summed E-state index contributed by atoms with van der Waals surface area (Å²) in [6.07, 6.45) is 4.14. The highest BCUT2D eigenvalue weighted by Gasteiger charge is 2.13. The topological polar surface area (TPSA) is 79.7 Å². The van der Waals surface area contributed by atoms with Crippen molar-refractivity contribution in [1.82, 2.24) is 24.7 Å². The smallest absolute Gasteiger partial charge is 0.263 e. The number of H-pyrrole nitrogens is 1. The van der Waals surface area contributed by atoms with Crippen LogP contribution in [0, 0.1) is 0 Å². The summed E-state index contributed by atoms with van der Waals surface area (Å²) in [6, 6.07) is 9.66. The summed E-state index contributed by atoms with van der Waals surface area (Å²) in [5, 5.41) is 7.81. The largest absolute Gasteiger partial charge is 0.345 e. The summed E-state index contributed by atoms with van der Waals surface area (Å²) in [7, 11) is 1.90. The predicted molar refractivity (Wildman–Crippen MR) is 98.6 cm³/mol. The number of hydrogen-bond acceptors (Lipinski definition) is 6. The molecular formula is C17H16N6OS. The quantitative estimate of drug-likeness (QED) is 0.596. The minimum Gasteiger partial charge on any atom is -0.345 e. The van der Waals surface area contributed by atoms with Crippen LogP contribution in [0.15, 0.2) is 52.9 Å². The molecule has 0 saturated heterocycles. The molecule has 25 heavy (non-hydrogen) atoms. The lowest BCUT2D eigenvalue weighted by Gasteiger charge is -2.16. The minimum absolute atomic E-state index is 0.191. The van der Waals surface area contributed by atoms with Gasteiger partial charge in [-0.15, -0.1) is 11.3 Å². The van der Waals surface area contributed by atoms with Gasteiger partial charge in [-0.2, -0.15) is 10.1 Å². The summed E-state index contributed by atoms with van der Waals surface area (Å²) < 4.78 is 1.68. The van der Waals surface area contributed by atoms with Gasteiger partial charge in [0.2, 0.25) is 5.95 Å². The van der Waals surface area contributed by atoms with Gasteiger partial charge in [0.15, 0.2) is 5.65 Å². The van der Waals surface area contributed by atoms with Crippen molar-refractivity contribution >= 4 is 28.3 Å². The zero-order valence-electron chi connectivity index (χ0n) is 13.6. The average Bonchev–Trinajstić information content (AvgIpc) is 3.30. The number of anilines is 1. The van der Waals surface area contributed by atoms with Crippen LogP contribution in [0.5, 0.6) is 0 Å². The number of fused-ring (bicyclic) bond motifs is 1. The SMILES string of the molecule is CN(CCc1nccs1)c1nc2c(cnn2-c2ccccc2)c(=O)[nH]1. The molecule has 0 spiro atoms. The lowest BCUT2D eigenvalue weighted by Crippen LogP contribution is -2.25. The molecule has 7 nitrogen and oxygen atoms in total. The molecule has 4 aromatic rings. The summed E-state index contributed by atoms with van der Waals surface area (Å²) >= 11 is 1.62. The second-order valence-corrected chi connectivity index (χ2v) is 6.60. The first-order valence-corrected chi connectivity index (χ1v) is 8.73. The van der Waals surface area contributed by atoms with E-state index in [1.807, 2.05) is 47.7 Å². The predicted octanol–water partition coefficient (Wildman–Crippen LogP) is 2.24. The Morgan fingerprint density at radius 3 is 2.88 bits per heavy atom. The molecule has 0 aliphatic carbocycles. The third kappa shape index (κ3) is 3.03. The second kappa shape index (κ2) is 6.48. The third-order valence-corrected chi connectivity index (χ3v) is 4.77. The maximum Gasteiger partial charge on any atom is 0.263 e. The molecule has 0 amide bonds. The molecule has 0 radical (unpaired) electrons. The highest BCUT2D eigenvalue weighted by Crippen LogP contribution is 2.16. The normalized spacial score (nSPS) is 11.1. The summed E-state index contributed by atoms with van der Waals surface area (Å²) in [5.41, 5.74) is 1.22. The molecule has 1 N–H and O–H groups in total. The Kier molecular flexibility index (Phi) is 4.02. The molecule has 0 aliphatic heterocycles. The van der Waals surface area contributed by atoms with E-state index < -0.39 is 0 Å². The van der Waals surface area contributed by atoms with Crippen molar-refractivity contribution in [3.05, 3.63) is 63.5 Å². The number of para-hydroxylation sites is 1. The minimum atomic E-state index is -0.191. The molecule has 0 aliphatic rings. The van der Waals surface area contributed by atoms with Crippen molar-refractivity contribution in [2.75, 3.05) is 18.5 Å². The molecule has 3 heterocycles. The monoisotopic (exact) mass is 352 g/mol. The van der Waals surface area contributed by atoms with Crippen LogP contribution in [0.2, 0.25) is 0 Å². The molecular weight excluding hydrogens is 336 g/mol. The van der Waals surface area contributed by atoms with Gasteiger partial charge in [-0.05, 0) is 12.1 Å². The van der Waals surface area contributed by atoms with E-state index in [0.29, 0.717) is 23.5 Å². The molecule has 0 fully saturated rings. The van der Waals surface area contributed by atoms with E-state index in [-0.39, 0.29) is 5.56 Å². The first kappa shape index (κ1) is 15.5. The molecule has 4 rings (SSSR count). The third-order valence-electron chi connectivity index (χ3n) is 3.93. The maximum absolute atomic E-state index is 12.4. The number of hydrogen-bond donors (Lipinski definition) is 1. The van der Waals surface area contributed by atoms with Crippen molar-refractivity contribution < 1.29 is 0 Å². The highest BCUT2D eigenvalue weighted by molar-refractivity contribution is 7.09. The zero-order chi connectivity index (χ0) is 17.2. The first-order chi connectivity index (χ1) is 12.2. The number of thiazole rings is 1. The number of nitrogens with zero attached hydrogens (tertiary/aromatic N) is 5. The standard InChI is InChI=1S/C17H16N6OS/c1-22(9-7-14-18-8-10-25-14)17-20-15-13(16(24)21-17)11-19-23(15)12-5-3-2-4-6-12/h2-6,8,10-11H,7,9H2,1H3,(H,20,21,24). The van der Waals surface area contributed by atoms with Gasteiger partial charge in [-0.25, -0.2) is 9.67 Å². The van der Waals surface area contributed by atoms with Crippen LogP contribution >= 0.6 is 11.3 Å². The van der Waals surface area contributed by atoms with Crippen molar-refractivity contribution in [1.29, 1.82) is 0 Å². The summed E-state index contributed by atoms with van der Waals surface area (Å²) in [6.45, 7) is 0.710. The average molecular weight is 352 g/mol. The van der Waals surface area contributed by atoms with Crippen LogP contribution in [-0.4, -0.2) is 38.3 Å². The van der Waals surface area contributed by atoms with Gasteiger partial charge in [0.25, 0.3) is 5.56 Å². The zero-order valence-corrected chi connectivity index (χ0v) is 14.4. The van der Waals surface area contributed by atoms with Gasteiger partial charge < -0.3 is 4.90 Å². The molecule has 0 saturated carbocycles. The van der Waals surface area contributed by atoms with Gasteiger partial charge in [0.1, 0.15) is 5.39 Å². The fourth-order valence-electron chi connectivity index (χ4n) is 2.59. The Hall–Kier alpha value is -3.00. The lowest BCUT2D eigenvalue weighted by molar-refractivity contribution is 0.826. The lowest BCUT2D eigenvalue weighted by atomic mass is 10.3. The fraction of sp³-hybridized carbons (Fsp3) is 0.176. The number of benzene rings is 1. The summed E-state index contributed by atoms with van der Waals surface area (Å²) in [4.78, 5) is 26.1. The van der Waals surface area contributed by atoms with Crippen molar-refractivity contribution in [2.45, 2.75) is 6.42 Å². The fourth-order valence-corrected chi connectivity index (χ4v) is 3.20. The van der Waals surface area contributed by atoms with E-state index in [2.05, 4.69) is 20.1 Å². The number of likely N-dealkylation sites (N-methyl/N-ethyl adjacent to an activating group) is 1. The van der Waals surface area contributed by atoms with E-state index in [0.717, 1.165) is 17.1 Å². The molecule has 0 atom stereocenters. The molecule has 3 aromatic heterocycles. The van der Waals surface area contributed by atoms with E-state index >= 15 is 0 Å². The van der Waals surface area contributed by atoms with Gasteiger partial charge in [0, 0.05) is 31.6 Å². The van der Waals surface area contributed by atoms with Crippen LogP contribution in [-0.2, 0) is 6.42 Å². The Labute approximate surface area is 147 Å². The van der Waals surface area contributed by atoms with Crippen LogP contribution in [0.3, 0.4) is 0 Å². The number of aromatic nitrogens is 5. The molecule has 8 heteroatoms. The van der Waals surface area contributed by atoms with Gasteiger partial charge >= 0.3 is 0 Å². The maximum atomic E-state index is 12.4. The molecule has 0 bridgehead atoms. The Morgan fingerprint density at radius 2 is 2.12 bits per heavy atom. The van der Waals surface area contributed by atoms with E-state index in [1.54, 1.807) is 28.4 Å². The van der Waals surface area contributed by atoms with Crippen molar-refractivity contribution in [3.63, 3.8) is 0 Å². The van der Waals surface area contributed by atoms with Crippen molar-refractivity contribution in [2.24, 2.45) is 0 Å². The number of aromatic amines is 1. The number of rotatable bonds is 5. The van der Waals surface area contributed by atoms with Crippen molar-refractivity contribution in [3.8, 4) is 5.69 Å². The first-order valence-electron chi connectivity index (χ1n) is 7.85. The van der Waals surface area contributed by atoms with Crippen LogP contribution in [0.1, 0.15) is 5.01 Å². The van der Waals surface area contributed by atoms with Crippen LogP contribution in [0.4, 0.5) is 5.95 Å². The molecule has 1 aromatic carbocycles. The molecule has 0 unspecified atom stereocenters. The number of nitrogens with one attached hydrogen (secondary N) is 1. The van der Waals surface area contributed by atoms with E-state index in [9.17, 15) is 4.79 Å². The Balaban J connectivity index is 1.69. The van der Waals surface area contributed by atoms with Gasteiger partial charge in [-0.1, -0.05) is 18.2 Å². The molecule has 126 valence electrons. The summed E-state index contributed by atoms with van der Waals surface area (Å²) in [5.74, 6) is 0.520. The van der Waals surface area contributed by atoms with Crippen LogP contribution < -0.4 is 10.5 Å². The Bertz CT molecular complexity index is 1040. The Morgan fingerprint density at radius 1 is 1.28 bits per heavy atom. The van der Waals surface area contributed by atoms with E-state index in [1.165, 1.54) is 0 Å². The van der Waals surface area contributed by atoms with Crippen LogP contribution in [0.25, 0.3) is 16.7 Å². The van der Waals surface area contributed by atoms with Gasteiger partial charge in [-0.3, -0.25) is 9.78 Å². The van der Waals surface area contributed by atoms with E-state index in [4.69, 9.17) is 0 Å². The highest BCUT2D eigenvalue weighted by atomic mass is 32.1. The van der Waals surface area contributed by atoms with Gasteiger partial charge in [0.05, 0.1) is 16.9 Å².